The van der Waals surface area contributed by atoms with Crippen LogP contribution in [0.3, 0.4) is 0 Å². The van der Waals surface area contributed by atoms with Crippen molar-refractivity contribution in [2.75, 3.05) is 6.61 Å². The average molecular weight is 253 g/mol. The third-order valence-corrected chi connectivity index (χ3v) is 4.72. The largest absolute Gasteiger partial charge is 0.438 e. The second kappa shape index (κ2) is 3.95. The Balaban J connectivity index is 1.62. The number of ketones is 1. The molecule has 100 valence electrons. The van der Waals surface area contributed by atoms with Crippen molar-refractivity contribution >= 4 is 11.9 Å². The van der Waals surface area contributed by atoms with E-state index in [0.29, 0.717) is 18.9 Å². The molecular weight excluding hydrogens is 234 g/mol. The maximum atomic E-state index is 12.2. The molecule has 5 nitrogen and oxygen atoms in total. The number of carbonyl (C=O) groups is 2. The second-order valence-electron chi connectivity index (χ2n) is 5.97. The summed E-state index contributed by atoms with van der Waals surface area (Å²) in [5, 5.41) is 0. The molecule has 0 bridgehead atoms. The predicted molar refractivity (Wildman–Crippen MR) is 62.8 cm³/mol. The summed E-state index contributed by atoms with van der Waals surface area (Å²) in [4.78, 5) is 23.1. The van der Waals surface area contributed by atoms with Crippen LogP contribution in [0.25, 0.3) is 0 Å². The molecule has 1 saturated heterocycles. The van der Waals surface area contributed by atoms with Gasteiger partial charge in [0, 0.05) is 0 Å². The number of hydrogen-bond acceptors (Lipinski definition) is 4. The Morgan fingerprint density at radius 2 is 2.06 bits per heavy atom. The highest BCUT2D eigenvalue weighted by Crippen LogP contribution is 2.59. The highest BCUT2D eigenvalue weighted by Gasteiger charge is 2.57. The number of amides is 1. The fraction of sp³-hybridized carbons (Fsp3) is 0.846. The van der Waals surface area contributed by atoms with Gasteiger partial charge in [0.1, 0.15) is 0 Å². The van der Waals surface area contributed by atoms with Crippen LogP contribution in [0.1, 0.15) is 32.6 Å². The zero-order chi connectivity index (χ0) is 12.9. The number of ether oxygens (including phenoxy) is 2. The molecule has 0 aromatic heterocycles. The lowest BCUT2D eigenvalue weighted by Crippen LogP contribution is -2.38. The molecule has 0 aromatic carbocycles. The van der Waals surface area contributed by atoms with E-state index in [1.54, 1.807) is 6.92 Å². The standard InChI is InChI=1S/C13H19NO4/c1-13(6-17-13)11(15)10(18-12(14)16)5-9-7-3-2-4-8(7)9/h7-10H,2-6H2,1H3,(H2,14,16)/t7-,8+,9?,10?,13?. The fourth-order valence-electron chi connectivity index (χ4n) is 3.51. The number of primary amides is 1. The first-order valence-corrected chi connectivity index (χ1v) is 6.65. The lowest BCUT2D eigenvalue weighted by atomic mass is 9.96. The summed E-state index contributed by atoms with van der Waals surface area (Å²) < 4.78 is 10.1. The molecule has 2 aliphatic carbocycles. The monoisotopic (exact) mass is 253 g/mol. The van der Waals surface area contributed by atoms with Gasteiger partial charge in [-0.15, -0.1) is 0 Å². The number of hydrogen-bond donors (Lipinski definition) is 1. The highest BCUT2D eigenvalue weighted by molar-refractivity contribution is 5.94. The first kappa shape index (κ1) is 12.0. The van der Waals surface area contributed by atoms with E-state index in [1.165, 1.54) is 19.3 Å². The molecule has 0 radical (unpaired) electrons. The summed E-state index contributed by atoms with van der Waals surface area (Å²) >= 11 is 0. The van der Waals surface area contributed by atoms with Crippen LogP contribution in [0.15, 0.2) is 0 Å². The van der Waals surface area contributed by atoms with Crippen molar-refractivity contribution in [3.8, 4) is 0 Å². The van der Waals surface area contributed by atoms with Crippen molar-refractivity contribution in [2.45, 2.75) is 44.3 Å². The molecule has 0 spiro atoms. The number of fused-ring (bicyclic) bond motifs is 1. The molecule has 0 aromatic rings. The van der Waals surface area contributed by atoms with Gasteiger partial charge < -0.3 is 15.2 Å². The number of Topliss-reactive ketones (excluding diaryl/α,β-unsaturated/α-hetero) is 1. The van der Waals surface area contributed by atoms with Gasteiger partial charge in [-0.3, -0.25) is 4.79 Å². The average Bonchev–Trinajstić information content (AvgIpc) is 3.14. The van der Waals surface area contributed by atoms with E-state index in [4.69, 9.17) is 15.2 Å². The van der Waals surface area contributed by atoms with E-state index in [1.807, 2.05) is 0 Å². The first-order chi connectivity index (χ1) is 8.51. The summed E-state index contributed by atoms with van der Waals surface area (Å²) in [5.74, 6) is 1.88. The van der Waals surface area contributed by atoms with Crippen LogP contribution in [0.4, 0.5) is 4.79 Å². The molecule has 3 aliphatic rings. The number of carbonyl (C=O) groups excluding carboxylic acids is 2. The molecule has 2 saturated carbocycles. The van der Waals surface area contributed by atoms with Crippen LogP contribution >= 0.6 is 0 Å². The van der Waals surface area contributed by atoms with Gasteiger partial charge in [-0.1, -0.05) is 6.42 Å². The maximum absolute atomic E-state index is 12.2. The van der Waals surface area contributed by atoms with Crippen LogP contribution in [-0.2, 0) is 14.3 Å². The molecule has 3 unspecified atom stereocenters. The van der Waals surface area contributed by atoms with Gasteiger partial charge in [-0.25, -0.2) is 4.79 Å². The molecule has 2 N–H and O–H groups in total. The van der Waals surface area contributed by atoms with Gasteiger partial charge >= 0.3 is 6.09 Å². The Labute approximate surface area is 106 Å². The van der Waals surface area contributed by atoms with Crippen molar-refractivity contribution in [3.05, 3.63) is 0 Å². The lowest BCUT2D eigenvalue weighted by molar-refractivity contribution is -0.132. The SMILES string of the molecule is CC1(C(=O)C(CC2[C@H]3CCC[C@@H]23)OC(N)=O)CO1. The summed E-state index contributed by atoms with van der Waals surface area (Å²) in [6.07, 6.45) is 2.83. The highest BCUT2D eigenvalue weighted by atomic mass is 16.6. The van der Waals surface area contributed by atoms with Crippen molar-refractivity contribution in [2.24, 2.45) is 23.5 Å². The van der Waals surface area contributed by atoms with Crippen molar-refractivity contribution in [1.82, 2.24) is 0 Å². The van der Waals surface area contributed by atoms with Crippen LogP contribution < -0.4 is 5.73 Å². The zero-order valence-corrected chi connectivity index (χ0v) is 10.6. The molecule has 1 heterocycles. The molecule has 5 atom stereocenters. The van der Waals surface area contributed by atoms with Crippen LogP contribution in [0.2, 0.25) is 0 Å². The van der Waals surface area contributed by atoms with Crippen LogP contribution in [0, 0.1) is 17.8 Å². The molecule has 3 fully saturated rings. The third kappa shape index (κ3) is 2.00. The number of rotatable bonds is 5. The minimum atomic E-state index is -0.872. The Kier molecular flexibility index (Phi) is 2.62. The number of epoxide rings is 1. The summed E-state index contributed by atoms with van der Waals surface area (Å²) in [6.45, 7) is 2.16. The van der Waals surface area contributed by atoms with Gasteiger partial charge in [0.15, 0.2) is 11.7 Å². The van der Waals surface area contributed by atoms with E-state index in [-0.39, 0.29) is 5.78 Å². The Hall–Kier alpha value is -1.10. The molecule has 5 heteroatoms. The van der Waals surface area contributed by atoms with Crippen molar-refractivity contribution in [3.63, 3.8) is 0 Å². The number of nitrogens with two attached hydrogens (primary N) is 1. The van der Waals surface area contributed by atoms with Gasteiger partial charge in [0.2, 0.25) is 5.78 Å². The predicted octanol–water partition coefficient (Wildman–Crippen LogP) is 1.24. The van der Waals surface area contributed by atoms with Crippen molar-refractivity contribution < 1.29 is 19.1 Å². The lowest BCUT2D eigenvalue weighted by Gasteiger charge is -2.18. The quantitative estimate of drug-likeness (QED) is 0.747. The van der Waals surface area contributed by atoms with E-state index in [9.17, 15) is 9.59 Å². The second-order valence-corrected chi connectivity index (χ2v) is 5.97. The summed E-state index contributed by atoms with van der Waals surface area (Å²) in [7, 11) is 0. The Morgan fingerprint density at radius 1 is 1.44 bits per heavy atom. The molecular formula is C13H19NO4. The molecule has 3 rings (SSSR count). The van der Waals surface area contributed by atoms with Crippen molar-refractivity contribution in [1.29, 1.82) is 0 Å². The van der Waals surface area contributed by atoms with E-state index in [0.717, 1.165) is 11.8 Å². The van der Waals surface area contributed by atoms with Crippen LogP contribution in [-0.4, -0.2) is 30.2 Å². The summed E-state index contributed by atoms with van der Waals surface area (Å²) in [5.41, 5.74) is 4.31. The van der Waals surface area contributed by atoms with E-state index < -0.39 is 17.8 Å². The zero-order valence-electron chi connectivity index (χ0n) is 10.6. The van der Waals surface area contributed by atoms with Gasteiger partial charge in [-0.05, 0) is 43.9 Å². The smallest absolute Gasteiger partial charge is 0.405 e. The Morgan fingerprint density at radius 3 is 2.56 bits per heavy atom. The van der Waals surface area contributed by atoms with Gasteiger partial charge in [0.05, 0.1) is 6.61 Å². The molecule has 18 heavy (non-hydrogen) atoms. The van der Waals surface area contributed by atoms with Crippen LogP contribution in [0.5, 0.6) is 0 Å². The summed E-state index contributed by atoms with van der Waals surface area (Å²) in [6, 6.07) is 0. The topological polar surface area (TPSA) is 81.9 Å². The maximum Gasteiger partial charge on any atom is 0.405 e. The van der Waals surface area contributed by atoms with Gasteiger partial charge in [0.25, 0.3) is 0 Å². The minimum absolute atomic E-state index is 0.133. The Bertz CT molecular complexity index is 380. The normalized spacial score (nSPS) is 41.9. The van der Waals surface area contributed by atoms with Gasteiger partial charge in [-0.2, -0.15) is 0 Å². The first-order valence-electron chi connectivity index (χ1n) is 6.65. The fourth-order valence-corrected chi connectivity index (χ4v) is 3.51. The molecule has 1 aliphatic heterocycles. The van der Waals surface area contributed by atoms with E-state index in [2.05, 4.69) is 0 Å². The molecule has 1 amide bonds. The van der Waals surface area contributed by atoms with E-state index >= 15 is 0 Å². The minimum Gasteiger partial charge on any atom is -0.438 e. The third-order valence-electron chi connectivity index (χ3n) is 4.72.